The first-order chi connectivity index (χ1) is 3.31. The molecule has 0 aliphatic carbocycles. The molecule has 44 valence electrons. The summed E-state index contributed by atoms with van der Waals surface area (Å²) in [4.78, 5) is 0. The molecule has 0 aliphatic heterocycles. The summed E-state index contributed by atoms with van der Waals surface area (Å²) in [5, 5.41) is 0. The van der Waals surface area contributed by atoms with Gasteiger partial charge in [-0.25, -0.2) is 0 Å². The lowest BCUT2D eigenvalue weighted by Crippen LogP contribution is -2.07. The van der Waals surface area contributed by atoms with Crippen LogP contribution in [-0.2, 0) is 10.9 Å². The lowest BCUT2D eigenvalue weighted by molar-refractivity contribution is 1.44. The van der Waals surface area contributed by atoms with Crippen LogP contribution < -0.4 is 0 Å². The van der Waals surface area contributed by atoms with E-state index in [1.54, 1.807) is 0 Å². The van der Waals surface area contributed by atoms with E-state index in [1.165, 1.54) is 11.5 Å². The predicted octanol–water partition coefficient (Wildman–Crippen LogP) is 1.49. The standard InChI is InChI=1S/C5H12ClS/c1-3-7(2)5-4-6/h3-5H2,1-2H3/q+1. The fraction of sp³-hybridized carbons (Fsp3) is 1.00. The molecule has 0 nitrogen and oxygen atoms in total. The van der Waals surface area contributed by atoms with Crippen molar-refractivity contribution in [3.8, 4) is 0 Å². The first-order valence-corrected chi connectivity index (χ1v) is 4.97. The first kappa shape index (κ1) is 7.64. The van der Waals surface area contributed by atoms with Gasteiger partial charge in [0.05, 0.1) is 12.1 Å². The molecule has 0 radical (unpaired) electrons. The molecule has 0 N–H and O–H groups in total. The highest BCUT2D eigenvalue weighted by Gasteiger charge is 2.02. The Morgan fingerprint density at radius 3 is 2.29 bits per heavy atom. The molecule has 0 saturated heterocycles. The van der Waals surface area contributed by atoms with Gasteiger partial charge in [-0.3, -0.25) is 0 Å². The molecular formula is C5H12ClS+. The van der Waals surface area contributed by atoms with Gasteiger partial charge in [0.15, 0.2) is 0 Å². The molecule has 7 heavy (non-hydrogen) atoms. The van der Waals surface area contributed by atoms with Crippen LogP contribution >= 0.6 is 11.6 Å². The minimum absolute atomic E-state index is 0.591. The molecule has 0 aromatic heterocycles. The average Bonchev–Trinajstić information content (AvgIpc) is 1.68. The maximum Gasteiger partial charge on any atom is 0.121 e. The quantitative estimate of drug-likeness (QED) is 0.411. The van der Waals surface area contributed by atoms with Crippen molar-refractivity contribution in [3.63, 3.8) is 0 Å². The Kier molecular flexibility index (Phi) is 5.23. The Hall–Kier alpha value is 0.640. The van der Waals surface area contributed by atoms with Gasteiger partial charge in [-0.05, 0) is 17.8 Å². The van der Waals surface area contributed by atoms with Gasteiger partial charge in [-0.15, -0.1) is 11.6 Å². The van der Waals surface area contributed by atoms with E-state index >= 15 is 0 Å². The fourth-order valence-corrected chi connectivity index (χ4v) is 1.62. The average molecular weight is 140 g/mol. The van der Waals surface area contributed by atoms with Crippen molar-refractivity contribution in [2.75, 3.05) is 23.6 Å². The zero-order valence-electron chi connectivity index (χ0n) is 4.91. The Balaban J connectivity index is 2.83. The molecular weight excluding hydrogens is 128 g/mol. The van der Waals surface area contributed by atoms with Crippen LogP contribution in [0, 0.1) is 0 Å². The van der Waals surface area contributed by atoms with Crippen molar-refractivity contribution >= 4 is 22.5 Å². The summed E-state index contributed by atoms with van der Waals surface area (Å²) < 4.78 is 0. The zero-order chi connectivity index (χ0) is 5.70. The van der Waals surface area contributed by atoms with Crippen LogP contribution in [0.15, 0.2) is 0 Å². The number of alkyl halides is 1. The maximum atomic E-state index is 5.48. The second-order valence-electron chi connectivity index (χ2n) is 1.46. The highest BCUT2D eigenvalue weighted by molar-refractivity contribution is 7.96. The van der Waals surface area contributed by atoms with Crippen molar-refractivity contribution in [1.82, 2.24) is 0 Å². The molecule has 0 aromatic carbocycles. The van der Waals surface area contributed by atoms with E-state index in [4.69, 9.17) is 11.6 Å². The lowest BCUT2D eigenvalue weighted by atomic mass is 10.9. The summed E-state index contributed by atoms with van der Waals surface area (Å²) in [6, 6.07) is 0. The van der Waals surface area contributed by atoms with E-state index < -0.39 is 0 Å². The third-order valence-corrected chi connectivity index (χ3v) is 3.22. The van der Waals surface area contributed by atoms with Crippen LogP contribution in [0.5, 0.6) is 0 Å². The van der Waals surface area contributed by atoms with Gasteiger partial charge in [0.25, 0.3) is 0 Å². The van der Waals surface area contributed by atoms with Gasteiger partial charge in [-0.2, -0.15) is 0 Å². The normalized spacial score (nSPS) is 14.1. The van der Waals surface area contributed by atoms with Crippen molar-refractivity contribution in [1.29, 1.82) is 0 Å². The Morgan fingerprint density at radius 1 is 1.57 bits per heavy atom. The van der Waals surface area contributed by atoms with Crippen LogP contribution in [0.3, 0.4) is 0 Å². The van der Waals surface area contributed by atoms with E-state index in [9.17, 15) is 0 Å². The highest BCUT2D eigenvalue weighted by atomic mass is 35.5. The summed E-state index contributed by atoms with van der Waals surface area (Å²) in [6.07, 6.45) is 2.25. The minimum Gasteiger partial charge on any atom is -0.122 e. The third-order valence-electron chi connectivity index (χ3n) is 0.918. The molecule has 0 aliphatic rings. The number of rotatable bonds is 3. The van der Waals surface area contributed by atoms with Crippen LogP contribution in [0.25, 0.3) is 0 Å². The Bertz CT molecular complexity index is 39.1. The number of hydrogen-bond donors (Lipinski definition) is 0. The minimum atomic E-state index is 0.591. The second kappa shape index (κ2) is 4.79. The lowest BCUT2D eigenvalue weighted by Gasteiger charge is -1.92. The molecule has 0 heterocycles. The van der Waals surface area contributed by atoms with E-state index in [-0.39, 0.29) is 0 Å². The first-order valence-electron chi connectivity index (χ1n) is 2.46. The van der Waals surface area contributed by atoms with Crippen LogP contribution in [-0.4, -0.2) is 23.6 Å². The van der Waals surface area contributed by atoms with Gasteiger partial charge in [0.2, 0.25) is 0 Å². The van der Waals surface area contributed by atoms with E-state index in [0.29, 0.717) is 10.9 Å². The van der Waals surface area contributed by atoms with Gasteiger partial charge in [0.1, 0.15) is 11.5 Å². The third kappa shape index (κ3) is 4.49. The van der Waals surface area contributed by atoms with Crippen molar-refractivity contribution in [2.24, 2.45) is 0 Å². The summed E-state index contributed by atoms with van der Waals surface area (Å²) in [5.74, 6) is 3.30. The monoisotopic (exact) mass is 139 g/mol. The summed E-state index contributed by atoms with van der Waals surface area (Å²) in [7, 11) is 0.591. The van der Waals surface area contributed by atoms with Crippen LogP contribution in [0.1, 0.15) is 6.92 Å². The molecule has 0 amide bonds. The fourth-order valence-electron chi connectivity index (χ4n) is 0.276. The SMILES string of the molecule is CC[S+](C)CCCl. The molecule has 0 saturated carbocycles. The summed E-state index contributed by atoms with van der Waals surface area (Å²) >= 11 is 5.48. The largest absolute Gasteiger partial charge is 0.122 e. The highest BCUT2D eigenvalue weighted by Crippen LogP contribution is 1.90. The van der Waals surface area contributed by atoms with Gasteiger partial charge in [-0.1, -0.05) is 0 Å². The zero-order valence-corrected chi connectivity index (χ0v) is 6.48. The van der Waals surface area contributed by atoms with Crippen LogP contribution in [0.4, 0.5) is 0 Å². The summed E-state index contributed by atoms with van der Waals surface area (Å²) in [5.41, 5.74) is 0. The topological polar surface area (TPSA) is 0 Å². The van der Waals surface area contributed by atoms with E-state index in [1.807, 2.05) is 0 Å². The predicted molar refractivity (Wildman–Crippen MR) is 39.4 cm³/mol. The molecule has 0 aromatic rings. The smallest absolute Gasteiger partial charge is 0.121 e. The summed E-state index contributed by atoms with van der Waals surface area (Å²) in [6.45, 7) is 2.20. The van der Waals surface area contributed by atoms with Crippen LogP contribution in [0.2, 0.25) is 0 Å². The van der Waals surface area contributed by atoms with Crippen molar-refractivity contribution in [2.45, 2.75) is 6.92 Å². The van der Waals surface area contributed by atoms with E-state index in [2.05, 4.69) is 13.2 Å². The van der Waals surface area contributed by atoms with Gasteiger partial charge in [0, 0.05) is 0 Å². The van der Waals surface area contributed by atoms with Crippen molar-refractivity contribution in [3.05, 3.63) is 0 Å². The second-order valence-corrected chi connectivity index (χ2v) is 4.39. The maximum absolute atomic E-state index is 5.48. The molecule has 1 unspecified atom stereocenters. The van der Waals surface area contributed by atoms with Gasteiger partial charge >= 0.3 is 0 Å². The molecule has 0 rings (SSSR count). The van der Waals surface area contributed by atoms with Gasteiger partial charge < -0.3 is 0 Å². The molecule has 0 fully saturated rings. The molecule has 2 heteroatoms. The Labute approximate surface area is 53.6 Å². The molecule has 0 spiro atoms. The Morgan fingerprint density at radius 2 is 2.14 bits per heavy atom. The number of hydrogen-bond acceptors (Lipinski definition) is 0. The van der Waals surface area contributed by atoms with Crippen molar-refractivity contribution < 1.29 is 0 Å². The van der Waals surface area contributed by atoms with E-state index in [0.717, 1.165) is 5.88 Å². The molecule has 1 atom stereocenters. The number of halogens is 1. The molecule has 0 bridgehead atoms.